The standard InChI is InChI=1S/C26H34N2O/c29-25(24(22-13-5-1-6-14-22)23-15-7-2-8-16-23)27-21-26(17-9-3-10-18-26)28-19-11-4-12-20-28/h1-2,5-8,13-16,24H,3-4,9-12,17-21H2,(H,27,29)/p+1. The molecule has 2 fully saturated rings. The van der Waals surface area contributed by atoms with E-state index >= 15 is 0 Å². The molecule has 3 heteroatoms. The molecule has 2 aliphatic rings. The molecular formula is C26H35N2O+. The van der Waals surface area contributed by atoms with Crippen molar-refractivity contribution >= 4 is 5.91 Å². The quantitative estimate of drug-likeness (QED) is 0.773. The fourth-order valence-electron chi connectivity index (χ4n) is 5.54. The molecule has 0 bridgehead atoms. The first-order chi connectivity index (χ1) is 14.3. The highest BCUT2D eigenvalue weighted by molar-refractivity contribution is 5.87. The van der Waals surface area contributed by atoms with E-state index in [-0.39, 0.29) is 17.4 Å². The third-order valence-electron chi connectivity index (χ3n) is 7.15. The maximum atomic E-state index is 13.5. The summed E-state index contributed by atoms with van der Waals surface area (Å²) in [6, 6.07) is 20.4. The van der Waals surface area contributed by atoms with E-state index in [1.807, 2.05) is 36.4 Å². The van der Waals surface area contributed by atoms with Gasteiger partial charge in [0, 0.05) is 12.8 Å². The third-order valence-corrected chi connectivity index (χ3v) is 7.15. The first-order valence-electron chi connectivity index (χ1n) is 11.5. The molecular weight excluding hydrogens is 356 g/mol. The number of carbonyl (C=O) groups is 1. The van der Waals surface area contributed by atoms with E-state index in [1.165, 1.54) is 64.5 Å². The fraction of sp³-hybridized carbons (Fsp3) is 0.500. The Hall–Kier alpha value is -2.13. The summed E-state index contributed by atoms with van der Waals surface area (Å²) in [4.78, 5) is 15.2. The highest BCUT2D eigenvalue weighted by Gasteiger charge is 2.42. The zero-order chi connectivity index (χ0) is 19.9. The number of carbonyl (C=O) groups excluding carboxylic acids is 1. The normalized spacial score (nSPS) is 19.8. The van der Waals surface area contributed by atoms with Gasteiger partial charge in [0.25, 0.3) is 0 Å². The summed E-state index contributed by atoms with van der Waals surface area (Å²) in [5.41, 5.74) is 2.38. The summed E-state index contributed by atoms with van der Waals surface area (Å²) in [5.74, 6) is -0.0989. The van der Waals surface area contributed by atoms with Crippen LogP contribution in [-0.2, 0) is 4.79 Å². The molecule has 2 aromatic rings. The van der Waals surface area contributed by atoms with Gasteiger partial charge in [0.05, 0.1) is 25.6 Å². The maximum absolute atomic E-state index is 13.5. The van der Waals surface area contributed by atoms with E-state index in [9.17, 15) is 4.79 Å². The van der Waals surface area contributed by atoms with E-state index in [4.69, 9.17) is 0 Å². The number of piperidine rings is 1. The van der Waals surface area contributed by atoms with Gasteiger partial charge in [-0.2, -0.15) is 0 Å². The first kappa shape index (κ1) is 20.2. The van der Waals surface area contributed by atoms with Crippen molar-refractivity contribution < 1.29 is 9.69 Å². The van der Waals surface area contributed by atoms with Crippen molar-refractivity contribution in [2.45, 2.75) is 62.8 Å². The lowest BCUT2D eigenvalue weighted by Gasteiger charge is -2.45. The summed E-state index contributed by atoms with van der Waals surface area (Å²) < 4.78 is 0. The van der Waals surface area contributed by atoms with E-state index in [0.29, 0.717) is 0 Å². The molecule has 154 valence electrons. The Labute approximate surface area is 175 Å². The smallest absolute Gasteiger partial charge is 0.232 e. The van der Waals surface area contributed by atoms with Crippen LogP contribution in [0.3, 0.4) is 0 Å². The van der Waals surface area contributed by atoms with Gasteiger partial charge in [-0.05, 0) is 43.2 Å². The predicted molar refractivity (Wildman–Crippen MR) is 118 cm³/mol. The lowest BCUT2D eigenvalue weighted by Crippen LogP contribution is -3.22. The third kappa shape index (κ3) is 4.72. The summed E-state index contributed by atoms with van der Waals surface area (Å²) in [6.45, 7) is 3.37. The van der Waals surface area contributed by atoms with Gasteiger partial charge in [-0.3, -0.25) is 4.79 Å². The van der Waals surface area contributed by atoms with Crippen LogP contribution in [0.4, 0.5) is 0 Å². The summed E-state index contributed by atoms with van der Waals surface area (Å²) >= 11 is 0. The van der Waals surface area contributed by atoms with Crippen molar-refractivity contribution in [1.82, 2.24) is 5.32 Å². The van der Waals surface area contributed by atoms with Crippen LogP contribution in [0.2, 0.25) is 0 Å². The van der Waals surface area contributed by atoms with E-state index < -0.39 is 0 Å². The Bertz CT molecular complexity index is 722. The predicted octanol–water partition coefficient (Wildman–Crippen LogP) is 3.71. The Morgan fingerprint density at radius 3 is 1.86 bits per heavy atom. The van der Waals surface area contributed by atoms with Gasteiger partial charge in [0.2, 0.25) is 5.91 Å². The molecule has 2 aromatic carbocycles. The van der Waals surface area contributed by atoms with Crippen molar-refractivity contribution in [3.63, 3.8) is 0 Å². The van der Waals surface area contributed by atoms with Crippen molar-refractivity contribution in [3.8, 4) is 0 Å². The van der Waals surface area contributed by atoms with Crippen molar-refractivity contribution in [2.24, 2.45) is 0 Å². The summed E-state index contributed by atoms with van der Waals surface area (Å²) in [7, 11) is 0. The molecule has 1 heterocycles. The Morgan fingerprint density at radius 2 is 1.31 bits per heavy atom. The molecule has 0 atom stereocenters. The Kier molecular flexibility index (Phi) is 6.66. The number of nitrogens with one attached hydrogen (secondary N) is 2. The molecule has 1 aliphatic heterocycles. The van der Waals surface area contributed by atoms with Crippen molar-refractivity contribution in [2.75, 3.05) is 19.6 Å². The van der Waals surface area contributed by atoms with Crippen LogP contribution < -0.4 is 10.2 Å². The minimum absolute atomic E-state index is 0.142. The number of benzene rings is 2. The van der Waals surface area contributed by atoms with Crippen LogP contribution >= 0.6 is 0 Å². The molecule has 1 aliphatic carbocycles. The number of hydrogen-bond acceptors (Lipinski definition) is 1. The van der Waals surface area contributed by atoms with Gasteiger partial charge >= 0.3 is 0 Å². The topological polar surface area (TPSA) is 33.5 Å². The molecule has 0 spiro atoms. The SMILES string of the molecule is O=C(NCC1([NH+]2CCCCC2)CCCCC1)C(c1ccccc1)c1ccccc1. The average Bonchev–Trinajstić information content (AvgIpc) is 2.81. The second-order valence-corrected chi connectivity index (χ2v) is 8.98. The molecule has 4 rings (SSSR count). The monoisotopic (exact) mass is 391 g/mol. The van der Waals surface area contributed by atoms with Gasteiger partial charge in [0.1, 0.15) is 5.54 Å². The highest BCUT2D eigenvalue weighted by Crippen LogP contribution is 2.28. The first-order valence-corrected chi connectivity index (χ1v) is 11.5. The summed E-state index contributed by atoms with van der Waals surface area (Å²) in [6.07, 6.45) is 10.5. The fourth-order valence-corrected chi connectivity index (χ4v) is 5.54. The van der Waals surface area contributed by atoms with Gasteiger partial charge in [-0.15, -0.1) is 0 Å². The molecule has 2 N–H and O–H groups in total. The van der Waals surface area contributed by atoms with Crippen LogP contribution in [-0.4, -0.2) is 31.1 Å². The Balaban J connectivity index is 1.53. The molecule has 1 amide bonds. The minimum atomic E-state index is -0.241. The second-order valence-electron chi connectivity index (χ2n) is 8.98. The molecule has 1 saturated carbocycles. The Morgan fingerprint density at radius 1 is 0.793 bits per heavy atom. The molecule has 1 saturated heterocycles. The highest BCUT2D eigenvalue weighted by atomic mass is 16.1. The number of likely N-dealkylation sites (tertiary alicyclic amines) is 1. The number of quaternary nitrogens is 1. The van der Waals surface area contributed by atoms with Gasteiger partial charge in [-0.25, -0.2) is 0 Å². The number of rotatable bonds is 6. The molecule has 0 radical (unpaired) electrons. The van der Waals surface area contributed by atoms with Crippen molar-refractivity contribution in [3.05, 3.63) is 71.8 Å². The lowest BCUT2D eigenvalue weighted by atomic mass is 9.79. The van der Waals surface area contributed by atoms with E-state index in [0.717, 1.165) is 17.7 Å². The number of hydrogen-bond donors (Lipinski definition) is 2. The molecule has 0 unspecified atom stereocenters. The maximum Gasteiger partial charge on any atom is 0.232 e. The lowest BCUT2D eigenvalue weighted by molar-refractivity contribution is -0.957. The van der Waals surface area contributed by atoms with Crippen LogP contribution in [0.25, 0.3) is 0 Å². The van der Waals surface area contributed by atoms with Gasteiger partial charge in [0.15, 0.2) is 0 Å². The number of amides is 1. The summed E-state index contributed by atoms with van der Waals surface area (Å²) in [5, 5.41) is 3.43. The second kappa shape index (κ2) is 9.58. The zero-order valence-electron chi connectivity index (χ0n) is 17.5. The molecule has 29 heavy (non-hydrogen) atoms. The largest absolute Gasteiger partial charge is 0.349 e. The average molecular weight is 392 g/mol. The zero-order valence-corrected chi connectivity index (χ0v) is 17.5. The minimum Gasteiger partial charge on any atom is -0.349 e. The van der Waals surface area contributed by atoms with Gasteiger partial charge in [-0.1, -0.05) is 67.1 Å². The molecule has 0 aromatic heterocycles. The van der Waals surface area contributed by atoms with Crippen LogP contribution in [0.1, 0.15) is 68.4 Å². The van der Waals surface area contributed by atoms with Crippen LogP contribution in [0.5, 0.6) is 0 Å². The van der Waals surface area contributed by atoms with Crippen molar-refractivity contribution in [1.29, 1.82) is 0 Å². The van der Waals surface area contributed by atoms with Crippen LogP contribution in [0.15, 0.2) is 60.7 Å². The van der Waals surface area contributed by atoms with Crippen LogP contribution in [0, 0.1) is 0 Å². The molecule has 3 nitrogen and oxygen atoms in total. The van der Waals surface area contributed by atoms with Gasteiger partial charge < -0.3 is 10.2 Å². The van der Waals surface area contributed by atoms with E-state index in [1.54, 1.807) is 4.90 Å². The van der Waals surface area contributed by atoms with E-state index in [2.05, 4.69) is 29.6 Å².